The van der Waals surface area contributed by atoms with E-state index in [9.17, 15) is 8.42 Å². The van der Waals surface area contributed by atoms with Crippen molar-refractivity contribution < 1.29 is 8.42 Å². The van der Waals surface area contributed by atoms with E-state index in [4.69, 9.17) is 16.4 Å². The standard InChI is InChI=1S/C6H5BrClNO2S/c7-4-2-1-3-5(6(4)9)12(8,10)11/h1-3H,9H2. The average molecular weight is 271 g/mol. The van der Waals surface area contributed by atoms with Crippen LogP contribution in [0.4, 0.5) is 5.69 Å². The van der Waals surface area contributed by atoms with Crippen molar-refractivity contribution >= 4 is 41.4 Å². The van der Waals surface area contributed by atoms with Gasteiger partial charge in [0.05, 0.1) is 5.69 Å². The van der Waals surface area contributed by atoms with Crippen LogP contribution in [0.2, 0.25) is 0 Å². The summed E-state index contributed by atoms with van der Waals surface area (Å²) in [5.41, 5.74) is 5.59. The Morgan fingerprint density at radius 3 is 2.42 bits per heavy atom. The lowest BCUT2D eigenvalue weighted by atomic mass is 10.3. The Morgan fingerprint density at radius 2 is 2.00 bits per heavy atom. The van der Waals surface area contributed by atoms with E-state index in [-0.39, 0.29) is 10.6 Å². The van der Waals surface area contributed by atoms with Crippen molar-refractivity contribution in [3.8, 4) is 0 Å². The van der Waals surface area contributed by atoms with Gasteiger partial charge in [-0.05, 0) is 28.1 Å². The first-order valence-corrected chi connectivity index (χ1v) is 6.02. The molecule has 66 valence electrons. The van der Waals surface area contributed by atoms with Crippen molar-refractivity contribution in [3.63, 3.8) is 0 Å². The second kappa shape index (κ2) is 3.24. The third-order valence-electron chi connectivity index (χ3n) is 1.28. The molecule has 1 aromatic carbocycles. The lowest BCUT2D eigenvalue weighted by molar-refractivity contribution is 0.610. The third-order valence-corrected chi connectivity index (χ3v) is 3.35. The highest BCUT2D eigenvalue weighted by molar-refractivity contribution is 9.10. The molecule has 0 radical (unpaired) electrons. The van der Waals surface area contributed by atoms with Crippen molar-refractivity contribution in [2.24, 2.45) is 0 Å². The molecule has 0 aliphatic rings. The van der Waals surface area contributed by atoms with E-state index >= 15 is 0 Å². The average Bonchev–Trinajstić information content (AvgIpc) is 1.92. The summed E-state index contributed by atoms with van der Waals surface area (Å²) in [4.78, 5) is -0.0708. The number of nitrogens with two attached hydrogens (primary N) is 1. The summed E-state index contributed by atoms with van der Waals surface area (Å²) in [6.45, 7) is 0. The normalized spacial score (nSPS) is 11.5. The number of hydrogen-bond donors (Lipinski definition) is 1. The first-order valence-electron chi connectivity index (χ1n) is 2.91. The Bertz CT molecular complexity index is 404. The number of anilines is 1. The van der Waals surface area contributed by atoms with E-state index < -0.39 is 9.05 Å². The first-order chi connectivity index (χ1) is 5.43. The van der Waals surface area contributed by atoms with Gasteiger partial charge in [-0.3, -0.25) is 0 Å². The molecule has 0 unspecified atom stereocenters. The Morgan fingerprint density at radius 1 is 1.42 bits per heavy atom. The third kappa shape index (κ3) is 1.91. The van der Waals surface area contributed by atoms with Gasteiger partial charge in [-0.1, -0.05) is 6.07 Å². The molecule has 0 spiro atoms. The second-order valence-corrected chi connectivity index (χ2v) is 5.48. The van der Waals surface area contributed by atoms with E-state index in [2.05, 4.69) is 15.9 Å². The zero-order valence-corrected chi connectivity index (χ0v) is 8.95. The van der Waals surface area contributed by atoms with Crippen LogP contribution in [0.1, 0.15) is 0 Å². The number of halogens is 2. The maximum Gasteiger partial charge on any atom is 0.263 e. The molecule has 0 heterocycles. The number of para-hydroxylation sites is 1. The largest absolute Gasteiger partial charge is 0.397 e. The number of rotatable bonds is 1. The molecule has 0 aromatic heterocycles. The number of benzene rings is 1. The molecule has 0 fully saturated rings. The second-order valence-electron chi connectivity index (χ2n) is 2.09. The van der Waals surface area contributed by atoms with Crippen LogP contribution in [-0.4, -0.2) is 8.42 Å². The lowest BCUT2D eigenvalue weighted by Gasteiger charge is -2.02. The minimum absolute atomic E-state index is 0.0708. The molecule has 1 rings (SSSR count). The summed E-state index contributed by atoms with van der Waals surface area (Å²) < 4.78 is 22.3. The summed E-state index contributed by atoms with van der Waals surface area (Å²) in [5.74, 6) is 0. The van der Waals surface area contributed by atoms with Gasteiger partial charge in [-0.2, -0.15) is 0 Å². The van der Waals surface area contributed by atoms with Gasteiger partial charge in [0.2, 0.25) is 0 Å². The fraction of sp³-hybridized carbons (Fsp3) is 0. The van der Waals surface area contributed by atoms with Crippen molar-refractivity contribution in [1.29, 1.82) is 0 Å². The Hall–Kier alpha value is -0.260. The quantitative estimate of drug-likeness (QED) is 0.627. The maximum atomic E-state index is 10.9. The van der Waals surface area contributed by atoms with Crippen LogP contribution < -0.4 is 5.73 Å². The van der Waals surface area contributed by atoms with Crippen molar-refractivity contribution in [2.75, 3.05) is 5.73 Å². The minimum Gasteiger partial charge on any atom is -0.397 e. The molecule has 0 saturated heterocycles. The predicted molar refractivity (Wildman–Crippen MR) is 51.6 cm³/mol. The topological polar surface area (TPSA) is 60.2 Å². The Balaban J connectivity index is 3.47. The lowest BCUT2D eigenvalue weighted by Crippen LogP contribution is -1.98. The van der Waals surface area contributed by atoms with E-state index in [0.717, 1.165) is 0 Å². The molecule has 1 aromatic rings. The van der Waals surface area contributed by atoms with Gasteiger partial charge in [0.25, 0.3) is 9.05 Å². The molecule has 0 aliphatic heterocycles. The van der Waals surface area contributed by atoms with Gasteiger partial charge in [0.15, 0.2) is 0 Å². The monoisotopic (exact) mass is 269 g/mol. The zero-order valence-electron chi connectivity index (χ0n) is 5.79. The van der Waals surface area contributed by atoms with Crippen LogP contribution in [0.15, 0.2) is 27.6 Å². The molecule has 6 heteroatoms. The van der Waals surface area contributed by atoms with Crippen LogP contribution in [0.3, 0.4) is 0 Å². The Kier molecular flexibility index (Phi) is 2.65. The van der Waals surface area contributed by atoms with Crippen LogP contribution in [0, 0.1) is 0 Å². The van der Waals surface area contributed by atoms with Gasteiger partial charge in [0, 0.05) is 15.2 Å². The summed E-state index contributed by atoms with van der Waals surface area (Å²) in [6.07, 6.45) is 0. The molecule has 0 amide bonds. The predicted octanol–water partition coefficient (Wildman–Crippen LogP) is 1.96. The van der Waals surface area contributed by atoms with Crippen LogP contribution >= 0.6 is 26.6 Å². The molecule has 0 bridgehead atoms. The van der Waals surface area contributed by atoms with Crippen molar-refractivity contribution in [2.45, 2.75) is 4.90 Å². The van der Waals surface area contributed by atoms with Crippen LogP contribution in [0.5, 0.6) is 0 Å². The van der Waals surface area contributed by atoms with E-state index in [0.29, 0.717) is 4.47 Å². The van der Waals surface area contributed by atoms with Gasteiger partial charge in [-0.25, -0.2) is 8.42 Å². The number of hydrogen-bond acceptors (Lipinski definition) is 3. The fourth-order valence-electron chi connectivity index (χ4n) is 0.730. The van der Waals surface area contributed by atoms with Gasteiger partial charge < -0.3 is 5.73 Å². The molecule has 0 saturated carbocycles. The smallest absolute Gasteiger partial charge is 0.263 e. The molecular formula is C6H5BrClNO2S. The highest BCUT2D eigenvalue weighted by Gasteiger charge is 2.14. The van der Waals surface area contributed by atoms with Crippen molar-refractivity contribution in [3.05, 3.63) is 22.7 Å². The van der Waals surface area contributed by atoms with Gasteiger partial charge in [-0.15, -0.1) is 0 Å². The van der Waals surface area contributed by atoms with Gasteiger partial charge >= 0.3 is 0 Å². The van der Waals surface area contributed by atoms with Crippen LogP contribution in [-0.2, 0) is 9.05 Å². The molecule has 0 atom stereocenters. The van der Waals surface area contributed by atoms with Crippen molar-refractivity contribution in [1.82, 2.24) is 0 Å². The van der Waals surface area contributed by atoms with E-state index in [1.54, 1.807) is 12.1 Å². The summed E-state index contributed by atoms with van der Waals surface area (Å²) in [5, 5.41) is 0. The van der Waals surface area contributed by atoms with Gasteiger partial charge in [0.1, 0.15) is 4.90 Å². The van der Waals surface area contributed by atoms with E-state index in [1.807, 2.05) is 0 Å². The molecule has 3 nitrogen and oxygen atoms in total. The molecule has 0 aliphatic carbocycles. The number of nitrogen functional groups attached to an aromatic ring is 1. The summed E-state index contributed by atoms with van der Waals surface area (Å²) in [7, 11) is 1.37. The Labute approximate surface area is 83.1 Å². The molecule has 2 N–H and O–H groups in total. The molecule has 12 heavy (non-hydrogen) atoms. The summed E-state index contributed by atoms with van der Waals surface area (Å²) >= 11 is 3.09. The first kappa shape index (κ1) is 9.83. The fourth-order valence-corrected chi connectivity index (χ4v) is 2.24. The summed E-state index contributed by atoms with van der Waals surface area (Å²) in [6, 6.07) is 4.54. The van der Waals surface area contributed by atoms with E-state index in [1.165, 1.54) is 6.07 Å². The minimum atomic E-state index is -3.74. The zero-order chi connectivity index (χ0) is 9.35. The molecular weight excluding hydrogens is 265 g/mol. The van der Waals surface area contributed by atoms with Crippen LogP contribution in [0.25, 0.3) is 0 Å². The SMILES string of the molecule is Nc1c(Br)cccc1S(=O)(=O)Cl. The highest BCUT2D eigenvalue weighted by Crippen LogP contribution is 2.28. The maximum absolute atomic E-state index is 10.9. The highest BCUT2D eigenvalue weighted by atomic mass is 79.9.